The van der Waals surface area contributed by atoms with Crippen LogP contribution in [0.3, 0.4) is 0 Å². The van der Waals surface area contributed by atoms with Crippen molar-refractivity contribution in [2.75, 3.05) is 0 Å². The van der Waals surface area contributed by atoms with E-state index in [1.54, 1.807) is 6.07 Å². The van der Waals surface area contributed by atoms with E-state index in [1.165, 1.54) is 0 Å². The number of benzene rings is 2. The molecule has 0 saturated heterocycles. The molecule has 0 aromatic heterocycles. The topological polar surface area (TPSA) is 9.23 Å². The van der Waals surface area contributed by atoms with Gasteiger partial charge in [0, 0.05) is 5.02 Å². The van der Waals surface area contributed by atoms with Crippen molar-refractivity contribution in [3.8, 4) is 11.5 Å². The summed E-state index contributed by atoms with van der Waals surface area (Å²) in [6, 6.07) is 15.9. The van der Waals surface area contributed by atoms with Crippen molar-refractivity contribution in [2.24, 2.45) is 0 Å². The molecular formula is C13H10ClO. The van der Waals surface area contributed by atoms with E-state index in [2.05, 4.69) is 6.07 Å². The van der Waals surface area contributed by atoms with E-state index < -0.39 is 0 Å². The molecule has 0 saturated carbocycles. The van der Waals surface area contributed by atoms with Gasteiger partial charge in [0.25, 0.3) is 0 Å². The van der Waals surface area contributed by atoms with Crippen molar-refractivity contribution in [3.05, 3.63) is 59.1 Å². The fourth-order valence-electron chi connectivity index (χ4n) is 1.29. The van der Waals surface area contributed by atoms with Gasteiger partial charge >= 0.3 is 0 Å². The molecule has 0 fully saturated rings. The van der Waals surface area contributed by atoms with Crippen LogP contribution in [-0.4, -0.2) is 0 Å². The molecule has 0 aliphatic heterocycles. The van der Waals surface area contributed by atoms with E-state index in [1.807, 2.05) is 43.3 Å². The average molecular weight is 218 g/mol. The molecule has 0 spiro atoms. The van der Waals surface area contributed by atoms with Gasteiger partial charge in [-0.2, -0.15) is 0 Å². The van der Waals surface area contributed by atoms with Gasteiger partial charge in [-0.3, -0.25) is 0 Å². The van der Waals surface area contributed by atoms with Crippen molar-refractivity contribution >= 4 is 11.6 Å². The highest BCUT2D eigenvalue weighted by atomic mass is 35.5. The van der Waals surface area contributed by atoms with Gasteiger partial charge in [0.15, 0.2) is 0 Å². The van der Waals surface area contributed by atoms with E-state index in [9.17, 15) is 0 Å². The lowest BCUT2D eigenvalue weighted by molar-refractivity contribution is 0.479. The first kappa shape index (κ1) is 10.1. The number of halogens is 1. The Morgan fingerprint density at radius 1 is 1.27 bits per heavy atom. The quantitative estimate of drug-likeness (QED) is 0.731. The van der Waals surface area contributed by atoms with Crippen LogP contribution in [0.1, 0.15) is 5.56 Å². The van der Waals surface area contributed by atoms with Crippen LogP contribution in [-0.2, 0) is 0 Å². The largest absolute Gasteiger partial charge is 0.457 e. The van der Waals surface area contributed by atoms with Gasteiger partial charge in [-0.15, -0.1) is 0 Å². The van der Waals surface area contributed by atoms with Gasteiger partial charge < -0.3 is 4.74 Å². The Balaban J connectivity index is 2.25. The van der Waals surface area contributed by atoms with Gasteiger partial charge in [0.05, 0.1) is 0 Å². The Labute approximate surface area is 94.3 Å². The van der Waals surface area contributed by atoms with Crippen molar-refractivity contribution in [2.45, 2.75) is 6.92 Å². The molecular weight excluding hydrogens is 208 g/mol. The van der Waals surface area contributed by atoms with Crippen LogP contribution in [0.2, 0.25) is 5.02 Å². The fourth-order valence-corrected chi connectivity index (χ4v) is 1.52. The molecule has 0 amide bonds. The maximum absolute atomic E-state index is 5.86. The third kappa shape index (κ3) is 2.51. The molecule has 0 unspecified atom stereocenters. The minimum atomic E-state index is 0.722. The Bertz CT molecular complexity index is 451. The van der Waals surface area contributed by atoms with Gasteiger partial charge in [-0.1, -0.05) is 23.7 Å². The zero-order chi connectivity index (χ0) is 10.7. The monoisotopic (exact) mass is 217 g/mol. The number of aryl methyl sites for hydroxylation is 1. The molecule has 15 heavy (non-hydrogen) atoms. The third-order valence-electron chi connectivity index (χ3n) is 2.04. The predicted molar refractivity (Wildman–Crippen MR) is 61.5 cm³/mol. The smallest absolute Gasteiger partial charge is 0.130 e. The second kappa shape index (κ2) is 4.37. The zero-order valence-corrected chi connectivity index (χ0v) is 9.08. The second-order valence-corrected chi connectivity index (χ2v) is 3.69. The lowest BCUT2D eigenvalue weighted by atomic mass is 10.2. The van der Waals surface area contributed by atoms with Gasteiger partial charge in [-0.05, 0) is 48.9 Å². The summed E-state index contributed by atoms with van der Waals surface area (Å²) in [6.45, 7) is 1.97. The molecule has 2 aromatic rings. The summed E-state index contributed by atoms with van der Waals surface area (Å²) < 4.78 is 5.67. The van der Waals surface area contributed by atoms with Crippen molar-refractivity contribution in [1.82, 2.24) is 0 Å². The minimum absolute atomic E-state index is 0.722. The highest BCUT2D eigenvalue weighted by Crippen LogP contribution is 2.26. The summed E-state index contributed by atoms with van der Waals surface area (Å²) in [5, 5.41) is 0.722. The molecule has 0 heterocycles. The molecule has 0 aliphatic rings. The van der Waals surface area contributed by atoms with Crippen molar-refractivity contribution in [3.63, 3.8) is 0 Å². The molecule has 0 aliphatic carbocycles. The van der Waals surface area contributed by atoms with Gasteiger partial charge in [0.2, 0.25) is 0 Å². The SMILES string of the molecule is Cc1cc(Cl)ccc1Oc1c[c]ccc1. The van der Waals surface area contributed by atoms with Crippen LogP contribution in [0.25, 0.3) is 0 Å². The Morgan fingerprint density at radius 3 is 2.80 bits per heavy atom. The van der Waals surface area contributed by atoms with E-state index in [-0.39, 0.29) is 0 Å². The number of ether oxygens (including phenoxy) is 1. The molecule has 0 atom stereocenters. The normalized spacial score (nSPS) is 10.0. The summed E-state index contributed by atoms with van der Waals surface area (Å²) in [5.74, 6) is 1.60. The lowest BCUT2D eigenvalue weighted by Crippen LogP contribution is -1.86. The van der Waals surface area contributed by atoms with E-state index in [0.717, 1.165) is 22.1 Å². The summed E-state index contributed by atoms with van der Waals surface area (Å²) in [5.41, 5.74) is 1.02. The molecule has 0 N–H and O–H groups in total. The van der Waals surface area contributed by atoms with E-state index >= 15 is 0 Å². The zero-order valence-electron chi connectivity index (χ0n) is 8.33. The Kier molecular flexibility index (Phi) is 2.93. The highest BCUT2D eigenvalue weighted by Gasteiger charge is 2.01. The number of hydrogen-bond acceptors (Lipinski definition) is 1. The first-order chi connectivity index (χ1) is 7.25. The van der Waals surface area contributed by atoms with Crippen LogP contribution < -0.4 is 4.74 Å². The first-order valence-corrected chi connectivity index (χ1v) is 5.03. The molecule has 1 nitrogen and oxygen atoms in total. The third-order valence-corrected chi connectivity index (χ3v) is 2.28. The predicted octanol–water partition coefficient (Wildman–Crippen LogP) is 4.24. The molecule has 1 radical (unpaired) electrons. The standard InChI is InChI=1S/C13H10ClO/c1-10-9-11(14)7-8-13(10)15-12-5-3-2-4-6-12/h2-3,5-9H,1H3. The Hall–Kier alpha value is -1.47. The fraction of sp³-hybridized carbons (Fsp3) is 0.0769. The molecule has 75 valence electrons. The Morgan fingerprint density at radius 2 is 2.13 bits per heavy atom. The summed E-state index contributed by atoms with van der Waals surface area (Å²) in [4.78, 5) is 0. The van der Waals surface area contributed by atoms with Gasteiger partial charge in [-0.25, -0.2) is 0 Å². The number of rotatable bonds is 2. The lowest BCUT2D eigenvalue weighted by Gasteiger charge is -2.08. The molecule has 2 aromatic carbocycles. The van der Waals surface area contributed by atoms with Crippen LogP contribution in [0, 0.1) is 13.0 Å². The summed E-state index contributed by atoms with van der Waals surface area (Å²) in [7, 11) is 0. The number of hydrogen-bond donors (Lipinski definition) is 0. The van der Waals surface area contributed by atoms with Crippen LogP contribution in [0.15, 0.2) is 42.5 Å². The van der Waals surface area contributed by atoms with Crippen molar-refractivity contribution in [1.29, 1.82) is 0 Å². The average Bonchev–Trinajstić information content (AvgIpc) is 2.24. The maximum atomic E-state index is 5.86. The summed E-state index contributed by atoms with van der Waals surface area (Å²) >= 11 is 5.86. The first-order valence-electron chi connectivity index (χ1n) is 4.66. The highest BCUT2D eigenvalue weighted by molar-refractivity contribution is 6.30. The minimum Gasteiger partial charge on any atom is -0.457 e. The molecule has 0 bridgehead atoms. The van der Waals surface area contributed by atoms with E-state index in [0.29, 0.717) is 0 Å². The van der Waals surface area contributed by atoms with Crippen LogP contribution in [0.4, 0.5) is 0 Å². The van der Waals surface area contributed by atoms with Gasteiger partial charge in [0.1, 0.15) is 11.5 Å². The maximum Gasteiger partial charge on any atom is 0.130 e. The molecule has 2 heteroatoms. The van der Waals surface area contributed by atoms with E-state index in [4.69, 9.17) is 16.3 Å². The van der Waals surface area contributed by atoms with Crippen LogP contribution in [0.5, 0.6) is 11.5 Å². The molecule has 2 rings (SSSR count). The van der Waals surface area contributed by atoms with Crippen molar-refractivity contribution < 1.29 is 4.74 Å². The second-order valence-electron chi connectivity index (χ2n) is 3.25. The van der Waals surface area contributed by atoms with Crippen LogP contribution >= 0.6 is 11.6 Å². The summed E-state index contributed by atoms with van der Waals surface area (Å²) in [6.07, 6.45) is 0.